The van der Waals surface area contributed by atoms with Crippen LogP contribution in [0.15, 0.2) is 12.5 Å². The van der Waals surface area contributed by atoms with Crippen LogP contribution in [-0.4, -0.2) is 38.6 Å². The van der Waals surface area contributed by atoms with E-state index in [1.807, 2.05) is 13.8 Å². The van der Waals surface area contributed by atoms with E-state index in [1.165, 1.54) is 0 Å². The van der Waals surface area contributed by atoms with Crippen LogP contribution in [0.1, 0.15) is 19.5 Å². The zero-order valence-electron chi connectivity index (χ0n) is 9.18. The molecule has 15 heavy (non-hydrogen) atoms. The van der Waals surface area contributed by atoms with E-state index in [2.05, 4.69) is 4.98 Å². The first-order valence-electron chi connectivity index (χ1n) is 5.10. The average molecular weight is 211 g/mol. The predicted octanol–water partition coefficient (Wildman–Crippen LogP) is 0.244. The lowest BCUT2D eigenvalue weighted by Gasteiger charge is -2.19. The molecule has 0 saturated carbocycles. The van der Waals surface area contributed by atoms with Crippen molar-refractivity contribution in [3.8, 4) is 0 Å². The number of hydrogen-bond donors (Lipinski definition) is 1. The van der Waals surface area contributed by atoms with Gasteiger partial charge in [0.15, 0.2) is 0 Å². The molecule has 1 heterocycles. The molecule has 0 aliphatic rings. The van der Waals surface area contributed by atoms with Gasteiger partial charge in [0, 0.05) is 13.1 Å². The first-order valence-corrected chi connectivity index (χ1v) is 5.10. The highest BCUT2D eigenvalue weighted by atomic mass is 16.3. The number of likely N-dealkylation sites (N-methyl/N-ethyl adjacent to an activating group) is 1. The number of amides is 1. The number of aliphatic hydroxyl groups is 1. The number of nitrogens with zero attached hydrogens (tertiary/aromatic N) is 3. The van der Waals surface area contributed by atoms with Crippen LogP contribution in [0, 0.1) is 0 Å². The molecule has 84 valence electrons. The molecule has 1 aromatic rings. The monoisotopic (exact) mass is 211 g/mol. The molecule has 0 aliphatic carbocycles. The van der Waals surface area contributed by atoms with Crippen molar-refractivity contribution in [1.82, 2.24) is 14.5 Å². The fourth-order valence-electron chi connectivity index (χ4n) is 1.44. The van der Waals surface area contributed by atoms with E-state index in [0.29, 0.717) is 18.8 Å². The van der Waals surface area contributed by atoms with Crippen LogP contribution in [0.25, 0.3) is 0 Å². The Labute approximate surface area is 89.3 Å². The highest BCUT2D eigenvalue weighted by molar-refractivity contribution is 5.76. The van der Waals surface area contributed by atoms with Gasteiger partial charge in [0.1, 0.15) is 6.54 Å². The molecule has 0 atom stereocenters. The molecule has 0 spiro atoms. The zero-order valence-corrected chi connectivity index (χ0v) is 9.18. The second-order valence-corrected chi connectivity index (χ2v) is 3.24. The van der Waals surface area contributed by atoms with Crippen molar-refractivity contribution in [2.45, 2.75) is 27.0 Å². The van der Waals surface area contributed by atoms with Crippen LogP contribution in [0.2, 0.25) is 0 Å². The van der Waals surface area contributed by atoms with Crippen LogP contribution in [-0.2, 0) is 17.9 Å². The molecule has 1 rings (SSSR count). The van der Waals surface area contributed by atoms with Gasteiger partial charge in [-0.05, 0) is 13.8 Å². The summed E-state index contributed by atoms with van der Waals surface area (Å²) in [5.74, 6) is 0.0488. The molecule has 0 saturated heterocycles. The Hall–Kier alpha value is -1.36. The predicted molar refractivity (Wildman–Crippen MR) is 56.1 cm³/mol. The van der Waals surface area contributed by atoms with Gasteiger partial charge >= 0.3 is 0 Å². The van der Waals surface area contributed by atoms with Crippen LogP contribution in [0.3, 0.4) is 0 Å². The number of aliphatic hydroxyl groups excluding tert-OH is 1. The van der Waals surface area contributed by atoms with Gasteiger partial charge < -0.3 is 14.6 Å². The van der Waals surface area contributed by atoms with Gasteiger partial charge in [0.2, 0.25) is 5.91 Å². The third-order valence-electron chi connectivity index (χ3n) is 2.38. The smallest absolute Gasteiger partial charge is 0.242 e. The maximum Gasteiger partial charge on any atom is 0.242 e. The highest BCUT2D eigenvalue weighted by Gasteiger charge is 2.11. The number of carbonyl (C=O) groups is 1. The summed E-state index contributed by atoms with van der Waals surface area (Å²) in [6, 6.07) is 0. The Bertz CT molecular complexity index is 318. The van der Waals surface area contributed by atoms with Gasteiger partial charge in [0.05, 0.1) is 24.8 Å². The number of rotatable bonds is 5. The molecular formula is C10H17N3O2. The van der Waals surface area contributed by atoms with E-state index in [4.69, 9.17) is 5.11 Å². The lowest BCUT2D eigenvalue weighted by Crippen LogP contribution is -2.33. The van der Waals surface area contributed by atoms with E-state index in [9.17, 15) is 4.79 Å². The van der Waals surface area contributed by atoms with Gasteiger partial charge in [0.25, 0.3) is 0 Å². The lowest BCUT2D eigenvalue weighted by molar-refractivity contribution is -0.131. The summed E-state index contributed by atoms with van der Waals surface area (Å²) in [6.45, 7) is 5.46. The van der Waals surface area contributed by atoms with Gasteiger partial charge in [-0.25, -0.2) is 4.98 Å². The fourth-order valence-corrected chi connectivity index (χ4v) is 1.44. The van der Waals surface area contributed by atoms with Crippen molar-refractivity contribution < 1.29 is 9.90 Å². The van der Waals surface area contributed by atoms with Crippen LogP contribution in [0.4, 0.5) is 0 Å². The summed E-state index contributed by atoms with van der Waals surface area (Å²) in [5, 5.41) is 8.99. The van der Waals surface area contributed by atoms with Crippen molar-refractivity contribution in [1.29, 1.82) is 0 Å². The summed E-state index contributed by atoms with van der Waals surface area (Å²) in [6.07, 6.45) is 3.13. The number of imidazole rings is 1. The second-order valence-electron chi connectivity index (χ2n) is 3.24. The van der Waals surface area contributed by atoms with E-state index >= 15 is 0 Å². The van der Waals surface area contributed by atoms with Crippen molar-refractivity contribution in [3.63, 3.8) is 0 Å². The molecule has 5 nitrogen and oxygen atoms in total. The summed E-state index contributed by atoms with van der Waals surface area (Å²) >= 11 is 0. The van der Waals surface area contributed by atoms with E-state index in [-0.39, 0.29) is 19.1 Å². The molecule has 0 fully saturated rings. The van der Waals surface area contributed by atoms with Gasteiger partial charge in [-0.1, -0.05) is 0 Å². The molecule has 1 aromatic heterocycles. The van der Waals surface area contributed by atoms with Crippen molar-refractivity contribution in [2.75, 3.05) is 13.1 Å². The van der Waals surface area contributed by atoms with Gasteiger partial charge in [-0.15, -0.1) is 0 Å². The Morgan fingerprint density at radius 2 is 2.20 bits per heavy atom. The lowest BCUT2D eigenvalue weighted by atomic mass is 10.4. The van der Waals surface area contributed by atoms with Crippen molar-refractivity contribution >= 4 is 5.91 Å². The maximum atomic E-state index is 11.7. The largest absolute Gasteiger partial charge is 0.390 e. The standard InChI is InChI=1S/C10H17N3O2/c1-3-12(4-2)10(15)6-13-8-11-5-9(13)7-14/h5,8,14H,3-4,6-7H2,1-2H3. The van der Waals surface area contributed by atoms with Crippen molar-refractivity contribution in [3.05, 3.63) is 18.2 Å². The van der Waals surface area contributed by atoms with Crippen molar-refractivity contribution in [2.24, 2.45) is 0 Å². The number of aromatic nitrogens is 2. The summed E-state index contributed by atoms with van der Waals surface area (Å²) in [4.78, 5) is 17.4. The molecule has 1 N–H and O–H groups in total. The Balaban J connectivity index is 2.65. The number of carbonyl (C=O) groups excluding carboxylic acids is 1. The van der Waals surface area contributed by atoms with Crippen LogP contribution < -0.4 is 0 Å². The minimum absolute atomic E-state index is 0.0488. The Morgan fingerprint density at radius 1 is 1.53 bits per heavy atom. The van der Waals surface area contributed by atoms with E-state index in [1.54, 1.807) is 22.0 Å². The van der Waals surface area contributed by atoms with E-state index < -0.39 is 0 Å². The minimum atomic E-state index is -0.0917. The number of hydrogen-bond acceptors (Lipinski definition) is 3. The fraction of sp³-hybridized carbons (Fsp3) is 0.600. The molecule has 0 bridgehead atoms. The third-order valence-corrected chi connectivity index (χ3v) is 2.38. The van der Waals surface area contributed by atoms with E-state index in [0.717, 1.165) is 0 Å². The second kappa shape index (κ2) is 5.50. The van der Waals surface area contributed by atoms with Crippen LogP contribution in [0.5, 0.6) is 0 Å². The molecule has 1 amide bonds. The quantitative estimate of drug-likeness (QED) is 0.759. The Kier molecular flexibility index (Phi) is 4.30. The summed E-state index contributed by atoms with van der Waals surface area (Å²) in [5.41, 5.74) is 0.663. The SMILES string of the molecule is CCN(CC)C(=O)Cn1cncc1CO. The van der Waals surface area contributed by atoms with Gasteiger partial charge in [-0.3, -0.25) is 4.79 Å². The van der Waals surface area contributed by atoms with Crippen LogP contribution >= 0.6 is 0 Å². The third kappa shape index (κ3) is 2.79. The molecule has 0 radical (unpaired) electrons. The summed E-state index contributed by atoms with van der Waals surface area (Å²) < 4.78 is 1.67. The zero-order chi connectivity index (χ0) is 11.3. The molecule has 0 aliphatic heterocycles. The minimum Gasteiger partial charge on any atom is -0.390 e. The molecule has 0 unspecified atom stereocenters. The average Bonchev–Trinajstić information content (AvgIpc) is 2.67. The normalized spacial score (nSPS) is 10.3. The molecular weight excluding hydrogens is 194 g/mol. The first-order chi connectivity index (χ1) is 7.22. The summed E-state index contributed by atoms with van der Waals surface area (Å²) in [7, 11) is 0. The Morgan fingerprint density at radius 3 is 2.73 bits per heavy atom. The first kappa shape index (κ1) is 11.7. The highest BCUT2D eigenvalue weighted by Crippen LogP contribution is 2.00. The topological polar surface area (TPSA) is 58.4 Å². The molecule has 5 heteroatoms. The molecule has 0 aromatic carbocycles. The maximum absolute atomic E-state index is 11.7. The van der Waals surface area contributed by atoms with Gasteiger partial charge in [-0.2, -0.15) is 0 Å².